The molecular formula is C21H22N4O. The van der Waals surface area contributed by atoms with Crippen molar-refractivity contribution in [1.82, 2.24) is 20.1 Å². The number of hydrogen-bond acceptors (Lipinski definition) is 3. The summed E-state index contributed by atoms with van der Waals surface area (Å²) in [5, 5.41) is 7.29. The van der Waals surface area contributed by atoms with E-state index in [2.05, 4.69) is 39.4 Å². The quantitative estimate of drug-likeness (QED) is 0.746. The van der Waals surface area contributed by atoms with Crippen LogP contribution in [0.5, 0.6) is 0 Å². The Kier molecular flexibility index (Phi) is 4.78. The first-order valence-electron chi connectivity index (χ1n) is 9.05. The lowest BCUT2D eigenvalue weighted by Crippen LogP contribution is -2.25. The van der Waals surface area contributed by atoms with E-state index in [0.29, 0.717) is 13.0 Å². The van der Waals surface area contributed by atoms with Crippen LogP contribution in [0.1, 0.15) is 35.1 Å². The summed E-state index contributed by atoms with van der Waals surface area (Å²) < 4.78 is 0. The van der Waals surface area contributed by atoms with Crippen LogP contribution in [0.15, 0.2) is 60.7 Å². The van der Waals surface area contributed by atoms with Crippen LogP contribution in [0, 0.1) is 0 Å². The number of aromatic nitrogens is 3. The van der Waals surface area contributed by atoms with Gasteiger partial charge in [-0.25, -0.2) is 4.98 Å². The maximum Gasteiger partial charge on any atom is 0.223 e. The fourth-order valence-corrected chi connectivity index (χ4v) is 3.47. The summed E-state index contributed by atoms with van der Waals surface area (Å²) in [6.07, 6.45) is 2.27. The second-order valence-electron chi connectivity index (χ2n) is 6.77. The van der Waals surface area contributed by atoms with E-state index < -0.39 is 0 Å². The second-order valence-corrected chi connectivity index (χ2v) is 6.77. The van der Waals surface area contributed by atoms with Gasteiger partial charge in [0.2, 0.25) is 5.91 Å². The van der Waals surface area contributed by atoms with E-state index in [1.54, 1.807) is 0 Å². The predicted octanol–water partition coefficient (Wildman–Crippen LogP) is 3.11. The first-order chi connectivity index (χ1) is 12.8. The van der Waals surface area contributed by atoms with Crippen molar-refractivity contribution in [3.8, 4) is 0 Å². The smallest absolute Gasteiger partial charge is 0.223 e. The van der Waals surface area contributed by atoms with Gasteiger partial charge < -0.3 is 4.90 Å². The fourth-order valence-electron chi connectivity index (χ4n) is 3.47. The lowest BCUT2D eigenvalue weighted by molar-refractivity contribution is -0.128. The minimum Gasteiger partial charge on any atom is -0.335 e. The molecule has 26 heavy (non-hydrogen) atoms. The lowest BCUT2D eigenvalue weighted by atomic mass is 9.99. The van der Waals surface area contributed by atoms with Crippen molar-refractivity contribution < 1.29 is 4.79 Å². The average molecular weight is 346 g/mol. The molecule has 4 rings (SSSR count). The molecule has 1 N–H and O–H groups in total. The van der Waals surface area contributed by atoms with Crippen molar-refractivity contribution in [3.05, 3.63) is 83.4 Å². The zero-order valence-electron chi connectivity index (χ0n) is 14.6. The molecule has 0 unspecified atom stereocenters. The Labute approximate surface area is 153 Å². The average Bonchev–Trinajstić information content (AvgIpc) is 3.29. The lowest BCUT2D eigenvalue weighted by Gasteiger charge is -2.15. The molecule has 1 aliphatic heterocycles. The molecule has 5 nitrogen and oxygen atoms in total. The Balaban J connectivity index is 1.34. The highest BCUT2D eigenvalue weighted by atomic mass is 16.2. The van der Waals surface area contributed by atoms with Crippen LogP contribution in [-0.2, 0) is 24.2 Å². The van der Waals surface area contributed by atoms with Crippen LogP contribution in [0.25, 0.3) is 0 Å². The van der Waals surface area contributed by atoms with E-state index >= 15 is 0 Å². The number of hydrogen-bond donors (Lipinski definition) is 1. The molecule has 1 atom stereocenters. The van der Waals surface area contributed by atoms with Crippen molar-refractivity contribution in [3.63, 3.8) is 0 Å². The number of benzene rings is 2. The Bertz CT molecular complexity index is 860. The van der Waals surface area contributed by atoms with Gasteiger partial charge in [-0.05, 0) is 17.5 Å². The number of amides is 1. The third kappa shape index (κ3) is 3.82. The van der Waals surface area contributed by atoms with Crippen LogP contribution in [0.2, 0.25) is 0 Å². The summed E-state index contributed by atoms with van der Waals surface area (Å²) in [7, 11) is 0. The first kappa shape index (κ1) is 16.5. The van der Waals surface area contributed by atoms with Gasteiger partial charge in [-0.2, -0.15) is 5.10 Å². The SMILES string of the molecule is O=C1C[C@@H](c2ccccc2)CN1Cc1nc(CCc2ccccc2)n[nH]1. The Morgan fingerprint density at radius 2 is 1.73 bits per heavy atom. The van der Waals surface area contributed by atoms with Gasteiger partial charge in [0.15, 0.2) is 5.82 Å². The molecule has 0 aliphatic carbocycles. The van der Waals surface area contributed by atoms with Crippen molar-refractivity contribution in [2.45, 2.75) is 31.7 Å². The van der Waals surface area contributed by atoms with Crippen molar-refractivity contribution >= 4 is 5.91 Å². The molecule has 1 saturated heterocycles. The molecule has 0 bridgehead atoms. The number of aryl methyl sites for hydroxylation is 2. The molecule has 1 fully saturated rings. The van der Waals surface area contributed by atoms with Gasteiger partial charge in [-0.15, -0.1) is 0 Å². The van der Waals surface area contributed by atoms with Gasteiger partial charge in [-0.3, -0.25) is 9.89 Å². The molecule has 1 aromatic heterocycles. The van der Waals surface area contributed by atoms with E-state index in [1.165, 1.54) is 11.1 Å². The van der Waals surface area contributed by atoms with Crippen molar-refractivity contribution in [2.75, 3.05) is 6.54 Å². The van der Waals surface area contributed by atoms with Gasteiger partial charge >= 0.3 is 0 Å². The van der Waals surface area contributed by atoms with Gasteiger partial charge in [0.1, 0.15) is 5.82 Å². The van der Waals surface area contributed by atoms with Crippen molar-refractivity contribution in [1.29, 1.82) is 0 Å². The molecule has 3 aromatic rings. The van der Waals surface area contributed by atoms with E-state index in [0.717, 1.165) is 31.0 Å². The molecule has 0 radical (unpaired) electrons. The molecular weight excluding hydrogens is 324 g/mol. The summed E-state index contributed by atoms with van der Waals surface area (Å²) in [6.45, 7) is 1.24. The van der Waals surface area contributed by atoms with E-state index in [4.69, 9.17) is 0 Å². The highest BCUT2D eigenvalue weighted by molar-refractivity contribution is 5.79. The number of nitrogens with one attached hydrogen (secondary N) is 1. The van der Waals surface area contributed by atoms with Gasteiger partial charge in [0.25, 0.3) is 0 Å². The molecule has 2 heterocycles. The molecule has 0 saturated carbocycles. The molecule has 0 spiro atoms. The zero-order chi connectivity index (χ0) is 17.8. The Hall–Kier alpha value is -2.95. The molecule has 1 amide bonds. The highest BCUT2D eigenvalue weighted by Gasteiger charge is 2.31. The number of carbonyl (C=O) groups is 1. The predicted molar refractivity (Wildman–Crippen MR) is 99.4 cm³/mol. The normalized spacial score (nSPS) is 17.0. The monoisotopic (exact) mass is 346 g/mol. The topological polar surface area (TPSA) is 61.9 Å². The number of carbonyl (C=O) groups excluding carboxylic acids is 1. The largest absolute Gasteiger partial charge is 0.335 e. The minimum absolute atomic E-state index is 0.182. The maximum atomic E-state index is 12.3. The molecule has 132 valence electrons. The van der Waals surface area contributed by atoms with Crippen LogP contribution in [0.3, 0.4) is 0 Å². The second kappa shape index (κ2) is 7.52. The fraction of sp³-hybridized carbons (Fsp3) is 0.286. The van der Waals surface area contributed by atoms with Crippen molar-refractivity contribution in [2.24, 2.45) is 0 Å². The summed E-state index contributed by atoms with van der Waals surface area (Å²) in [5.74, 6) is 2.01. The van der Waals surface area contributed by atoms with Gasteiger partial charge in [0.05, 0.1) is 6.54 Å². The number of likely N-dealkylation sites (tertiary alicyclic amines) is 1. The number of aromatic amines is 1. The van der Waals surface area contributed by atoms with Crippen LogP contribution < -0.4 is 0 Å². The summed E-state index contributed by atoms with van der Waals surface area (Å²) >= 11 is 0. The number of H-pyrrole nitrogens is 1. The number of rotatable bonds is 6. The van der Waals surface area contributed by atoms with Crippen LogP contribution in [0.4, 0.5) is 0 Å². The van der Waals surface area contributed by atoms with Gasteiger partial charge in [0, 0.05) is 25.3 Å². The highest BCUT2D eigenvalue weighted by Crippen LogP contribution is 2.28. The van der Waals surface area contributed by atoms with Crippen LogP contribution in [-0.4, -0.2) is 32.5 Å². The van der Waals surface area contributed by atoms with E-state index in [-0.39, 0.29) is 11.8 Å². The van der Waals surface area contributed by atoms with E-state index in [9.17, 15) is 4.79 Å². The van der Waals surface area contributed by atoms with Gasteiger partial charge in [-0.1, -0.05) is 60.7 Å². The maximum absolute atomic E-state index is 12.3. The van der Waals surface area contributed by atoms with Crippen LogP contribution >= 0.6 is 0 Å². The molecule has 5 heteroatoms. The summed E-state index contributed by atoms with van der Waals surface area (Å²) in [5.41, 5.74) is 2.50. The standard InChI is InChI=1S/C21H22N4O/c26-21-13-18(17-9-5-2-6-10-17)14-25(21)15-20-22-19(23-24-20)12-11-16-7-3-1-4-8-16/h1-10,18H,11-15H2,(H,22,23,24)/t18-/m1/s1. The number of nitrogens with zero attached hydrogens (tertiary/aromatic N) is 3. The Morgan fingerprint density at radius 1 is 1.00 bits per heavy atom. The van der Waals surface area contributed by atoms with E-state index in [1.807, 2.05) is 41.3 Å². The Morgan fingerprint density at radius 3 is 2.50 bits per heavy atom. The zero-order valence-corrected chi connectivity index (χ0v) is 14.6. The third-order valence-corrected chi connectivity index (χ3v) is 4.88. The summed E-state index contributed by atoms with van der Waals surface area (Å²) in [6, 6.07) is 20.6. The molecule has 1 aliphatic rings. The summed E-state index contributed by atoms with van der Waals surface area (Å²) in [4.78, 5) is 18.8. The first-order valence-corrected chi connectivity index (χ1v) is 9.05. The third-order valence-electron chi connectivity index (χ3n) is 4.88. The minimum atomic E-state index is 0.182. The molecule has 2 aromatic carbocycles.